The fourth-order valence-electron chi connectivity index (χ4n) is 3.36. The van der Waals surface area contributed by atoms with Gasteiger partial charge >= 0.3 is 0 Å². The average Bonchev–Trinajstić information content (AvgIpc) is 2.71. The van der Waals surface area contributed by atoms with Crippen LogP contribution >= 0.6 is 0 Å². The number of benzene rings is 1. The maximum absolute atomic E-state index is 10.5. The molecular formula is C14H18O. The van der Waals surface area contributed by atoms with Gasteiger partial charge in [-0.05, 0) is 42.2 Å². The predicted molar refractivity (Wildman–Crippen MR) is 60.5 cm³/mol. The Bertz CT molecular complexity index is 355. The molecule has 0 saturated heterocycles. The third-order valence-electron chi connectivity index (χ3n) is 4.36. The largest absolute Gasteiger partial charge is 0.385 e. The van der Waals surface area contributed by atoms with Crippen molar-refractivity contribution in [2.75, 3.05) is 0 Å². The summed E-state index contributed by atoms with van der Waals surface area (Å²) in [6.45, 7) is 2.16. The molecule has 80 valence electrons. The second-order valence-electron chi connectivity index (χ2n) is 5.02. The second-order valence-corrected chi connectivity index (χ2v) is 5.02. The first kappa shape index (κ1) is 9.41. The molecule has 0 heterocycles. The van der Waals surface area contributed by atoms with Crippen LogP contribution in [0.1, 0.15) is 37.3 Å². The molecule has 3 rings (SSSR count). The second kappa shape index (κ2) is 3.08. The van der Waals surface area contributed by atoms with Crippen LogP contribution in [0.15, 0.2) is 24.3 Å². The van der Waals surface area contributed by atoms with Gasteiger partial charge in [0, 0.05) is 0 Å². The van der Waals surface area contributed by atoms with Crippen molar-refractivity contribution in [3.05, 3.63) is 35.4 Å². The molecule has 1 N–H and O–H groups in total. The number of hydrogen-bond donors (Lipinski definition) is 1. The normalized spacial score (nSPS) is 37.7. The van der Waals surface area contributed by atoms with Crippen molar-refractivity contribution in [3.63, 3.8) is 0 Å². The summed E-state index contributed by atoms with van der Waals surface area (Å²) in [5, 5.41) is 10.5. The fourth-order valence-corrected chi connectivity index (χ4v) is 3.36. The van der Waals surface area contributed by atoms with E-state index >= 15 is 0 Å². The molecule has 2 aliphatic carbocycles. The topological polar surface area (TPSA) is 20.2 Å². The molecule has 0 radical (unpaired) electrons. The molecule has 1 aromatic rings. The molecule has 0 amide bonds. The summed E-state index contributed by atoms with van der Waals surface area (Å²) < 4.78 is 0. The summed E-state index contributed by atoms with van der Waals surface area (Å²) in [4.78, 5) is 0. The lowest BCUT2D eigenvalue weighted by Crippen LogP contribution is -2.12. The van der Waals surface area contributed by atoms with Crippen molar-refractivity contribution in [1.29, 1.82) is 0 Å². The Kier molecular flexibility index (Phi) is 1.93. The van der Waals surface area contributed by atoms with E-state index in [-0.39, 0.29) is 0 Å². The zero-order valence-electron chi connectivity index (χ0n) is 9.24. The molecule has 0 aliphatic heterocycles. The van der Waals surface area contributed by atoms with Gasteiger partial charge < -0.3 is 5.11 Å². The minimum atomic E-state index is -0.454. The van der Waals surface area contributed by atoms with Gasteiger partial charge in [-0.15, -0.1) is 0 Å². The van der Waals surface area contributed by atoms with Crippen LogP contribution in [0.25, 0.3) is 0 Å². The Balaban J connectivity index is 1.88. The van der Waals surface area contributed by atoms with Crippen molar-refractivity contribution in [2.45, 2.75) is 38.2 Å². The van der Waals surface area contributed by atoms with E-state index in [2.05, 4.69) is 31.2 Å². The van der Waals surface area contributed by atoms with Crippen molar-refractivity contribution < 1.29 is 5.11 Å². The molecule has 1 heteroatoms. The highest BCUT2D eigenvalue weighted by atomic mass is 16.3. The number of hydrogen-bond acceptors (Lipinski definition) is 1. The molecule has 2 saturated carbocycles. The van der Waals surface area contributed by atoms with E-state index in [1.807, 2.05) is 0 Å². The van der Waals surface area contributed by atoms with Gasteiger partial charge in [-0.2, -0.15) is 0 Å². The maximum atomic E-state index is 10.5. The number of aryl methyl sites for hydroxylation is 1. The standard InChI is InChI=1S/C14H18O/c1-2-10-6-8-11(9-7-10)14(15)12-4-3-5-13(12)14/h6-9,12-13,15H,2-5H2,1H3. The molecule has 2 unspecified atom stereocenters. The predicted octanol–water partition coefficient (Wildman–Crippen LogP) is 2.87. The van der Waals surface area contributed by atoms with Crippen LogP contribution < -0.4 is 0 Å². The van der Waals surface area contributed by atoms with Crippen LogP contribution in [0.3, 0.4) is 0 Å². The molecule has 2 atom stereocenters. The van der Waals surface area contributed by atoms with Crippen LogP contribution in [0.5, 0.6) is 0 Å². The van der Waals surface area contributed by atoms with E-state index in [1.54, 1.807) is 0 Å². The maximum Gasteiger partial charge on any atom is 0.0960 e. The lowest BCUT2D eigenvalue weighted by molar-refractivity contribution is 0.105. The van der Waals surface area contributed by atoms with Gasteiger partial charge in [0.2, 0.25) is 0 Å². The lowest BCUT2D eigenvalue weighted by Gasteiger charge is -2.15. The molecule has 0 aromatic heterocycles. The first-order chi connectivity index (χ1) is 7.26. The number of fused-ring (bicyclic) bond motifs is 1. The van der Waals surface area contributed by atoms with Gasteiger partial charge in [-0.1, -0.05) is 37.6 Å². The minimum absolute atomic E-state index is 0.454. The summed E-state index contributed by atoms with van der Waals surface area (Å²) >= 11 is 0. The molecule has 1 aromatic carbocycles. The first-order valence-electron chi connectivity index (χ1n) is 6.08. The molecular weight excluding hydrogens is 184 g/mol. The smallest absolute Gasteiger partial charge is 0.0960 e. The summed E-state index contributed by atoms with van der Waals surface area (Å²) in [5.74, 6) is 1.12. The number of aliphatic hydroxyl groups is 1. The van der Waals surface area contributed by atoms with Crippen molar-refractivity contribution in [2.24, 2.45) is 11.8 Å². The van der Waals surface area contributed by atoms with Gasteiger partial charge in [0.05, 0.1) is 5.60 Å². The Morgan fingerprint density at radius 2 is 1.80 bits per heavy atom. The van der Waals surface area contributed by atoms with E-state index in [0.29, 0.717) is 11.8 Å². The van der Waals surface area contributed by atoms with Gasteiger partial charge in [0.15, 0.2) is 0 Å². The third-order valence-corrected chi connectivity index (χ3v) is 4.36. The van der Waals surface area contributed by atoms with Crippen LogP contribution in [0.2, 0.25) is 0 Å². The van der Waals surface area contributed by atoms with Gasteiger partial charge in [0.25, 0.3) is 0 Å². The molecule has 1 nitrogen and oxygen atoms in total. The van der Waals surface area contributed by atoms with Crippen LogP contribution in [-0.2, 0) is 12.0 Å². The zero-order valence-corrected chi connectivity index (χ0v) is 9.24. The van der Waals surface area contributed by atoms with Crippen LogP contribution in [-0.4, -0.2) is 5.11 Å². The number of rotatable bonds is 2. The van der Waals surface area contributed by atoms with Crippen molar-refractivity contribution in [1.82, 2.24) is 0 Å². The van der Waals surface area contributed by atoms with Crippen molar-refractivity contribution in [3.8, 4) is 0 Å². The molecule has 2 fully saturated rings. The Morgan fingerprint density at radius 1 is 1.20 bits per heavy atom. The Hall–Kier alpha value is -0.820. The minimum Gasteiger partial charge on any atom is -0.385 e. The van der Waals surface area contributed by atoms with E-state index in [1.165, 1.54) is 24.8 Å². The van der Waals surface area contributed by atoms with E-state index in [9.17, 15) is 5.11 Å². The van der Waals surface area contributed by atoms with Crippen LogP contribution in [0.4, 0.5) is 0 Å². The monoisotopic (exact) mass is 202 g/mol. The van der Waals surface area contributed by atoms with Crippen LogP contribution in [0, 0.1) is 11.8 Å². The van der Waals surface area contributed by atoms with E-state index in [4.69, 9.17) is 0 Å². The lowest BCUT2D eigenvalue weighted by atomic mass is 9.98. The SMILES string of the molecule is CCc1ccc(C2(O)C3CCCC32)cc1. The molecule has 0 bridgehead atoms. The summed E-state index contributed by atoms with van der Waals surface area (Å²) in [7, 11) is 0. The zero-order chi connectivity index (χ0) is 10.5. The van der Waals surface area contributed by atoms with Gasteiger partial charge in [0.1, 0.15) is 0 Å². The summed E-state index contributed by atoms with van der Waals surface area (Å²) in [6.07, 6.45) is 4.82. The highest BCUT2D eigenvalue weighted by Gasteiger charge is 2.66. The quantitative estimate of drug-likeness (QED) is 0.782. The highest BCUT2D eigenvalue weighted by Crippen LogP contribution is 2.66. The third kappa shape index (κ3) is 1.19. The van der Waals surface area contributed by atoms with E-state index in [0.717, 1.165) is 12.0 Å². The molecule has 0 spiro atoms. The molecule has 15 heavy (non-hydrogen) atoms. The average molecular weight is 202 g/mol. The van der Waals surface area contributed by atoms with Crippen molar-refractivity contribution >= 4 is 0 Å². The van der Waals surface area contributed by atoms with Gasteiger partial charge in [-0.25, -0.2) is 0 Å². The Morgan fingerprint density at radius 3 is 2.33 bits per heavy atom. The first-order valence-corrected chi connectivity index (χ1v) is 6.08. The Labute approximate surface area is 91.1 Å². The fraction of sp³-hybridized carbons (Fsp3) is 0.571. The highest BCUT2D eigenvalue weighted by molar-refractivity contribution is 5.35. The molecule has 2 aliphatic rings. The summed E-state index contributed by atoms with van der Waals surface area (Å²) in [6, 6.07) is 8.55. The van der Waals surface area contributed by atoms with Gasteiger partial charge in [-0.3, -0.25) is 0 Å². The van der Waals surface area contributed by atoms with E-state index < -0.39 is 5.60 Å². The summed E-state index contributed by atoms with van der Waals surface area (Å²) in [5.41, 5.74) is 2.05.